The number of fused-ring (bicyclic) bond motifs is 1. The number of hydrogen-bond acceptors (Lipinski definition) is 5. The van der Waals surface area contributed by atoms with Crippen LogP contribution in [0.1, 0.15) is 25.3 Å². The number of hydrogen-bond donors (Lipinski definition) is 1. The summed E-state index contributed by atoms with van der Waals surface area (Å²) in [6.45, 7) is 2.38. The highest BCUT2D eigenvalue weighted by atomic mass is 32.2. The lowest BCUT2D eigenvalue weighted by atomic mass is 10.2. The fourth-order valence-electron chi connectivity index (χ4n) is 3.14. The topological polar surface area (TPSA) is 81.1 Å². The smallest absolute Gasteiger partial charge is 0.352 e. The summed E-state index contributed by atoms with van der Waals surface area (Å²) in [7, 11) is -3.09. The van der Waals surface area contributed by atoms with Gasteiger partial charge in [-0.25, -0.2) is 13.4 Å². The Morgan fingerprint density at radius 2 is 2.14 bits per heavy atom. The van der Waals surface area contributed by atoms with Crippen molar-refractivity contribution in [3.05, 3.63) is 23.8 Å². The van der Waals surface area contributed by atoms with Gasteiger partial charge in [-0.2, -0.15) is 13.2 Å². The first-order chi connectivity index (χ1) is 13.1. The van der Waals surface area contributed by atoms with Crippen LogP contribution in [-0.4, -0.2) is 47.2 Å². The zero-order chi connectivity index (χ0) is 20.5. The molecule has 0 radical (unpaired) electrons. The van der Waals surface area contributed by atoms with Gasteiger partial charge >= 0.3 is 6.18 Å². The number of rotatable bonds is 6. The van der Waals surface area contributed by atoms with E-state index < -0.39 is 21.6 Å². The van der Waals surface area contributed by atoms with Crippen LogP contribution in [0.25, 0.3) is 11.0 Å². The van der Waals surface area contributed by atoms with E-state index in [1.165, 1.54) is 6.07 Å². The zero-order valence-electron chi connectivity index (χ0n) is 15.1. The maximum atomic E-state index is 13.0. The molecule has 1 N–H and O–H groups in total. The second kappa shape index (κ2) is 7.94. The molecule has 1 saturated heterocycles. The van der Waals surface area contributed by atoms with Gasteiger partial charge in [-0.05, 0) is 31.0 Å². The van der Waals surface area contributed by atoms with Gasteiger partial charge in [-0.3, -0.25) is 4.79 Å². The first-order valence-corrected chi connectivity index (χ1v) is 11.6. The molecule has 3 rings (SSSR count). The third-order valence-electron chi connectivity index (χ3n) is 4.42. The number of nitrogens with one attached hydrogen (secondary N) is 1. The van der Waals surface area contributed by atoms with Crippen LogP contribution in [0.3, 0.4) is 0 Å². The minimum absolute atomic E-state index is 0.00963. The molecule has 11 heteroatoms. The number of nitrogens with zero attached hydrogens (tertiary/aromatic N) is 2. The van der Waals surface area contributed by atoms with Crippen molar-refractivity contribution in [1.29, 1.82) is 0 Å². The summed E-state index contributed by atoms with van der Waals surface area (Å²) in [6, 6.07) is 3.01. The SMILES string of the molecule is CCCn1c(SCC(=O)N[C@@H]2CCS(=O)(=O)C2)nc2ccc(C(F)(F)F)cc21. The third-order valence-corrected chi connectivity index (χ3v) is 7.16. The van der Waals surface area contributed by atoms with Gasteiger partial charge in [-0.15, -0.1) is 0 Å². The van der Waals surface area contributed by atoms with E-state index in [0.717, 1.165) is 23.9 Å². The van der Waals surface area contributed by atoms with Crippen molar-refractivity contribution in [2.24, 2.45) is 0 Å². The van der Waals surface area contributed by atoms with Crippen molar-refractivity contribution >= 4 is 38.5 Å². The Labute approximate surface area is 164 Å². The molecule has 6 nitrogen and oxygen atoms in total. The van der Waals surface area contributed by atoms with Gasteiger partial charge in [0.2, 0.25) is 5.91 Å². The molecule has 1 amide bonds. The molecule has 1 aliphatic heterocycles. The van der Waals surface area contributed by atoms with Crippen LogP contribution >= 0.6 is 11.8 Å². The molecule has 1 aromatic heterocycles. The van der Waals surface area contributed by atoms with Gasteiger partial charge in [0.15, 0.2) is 15.0 Å². The summed E-state index contributed by atoms with van der Waals surface area (Å²) < 4.78 is 63.7. The van der Waals surface area contributed by atoms with Gasteiger partial charge in [0.25, 0.3) is 0 Å². The lowest BCUT2D eigenvalue weighted by Gasteiger charge is -2.11. The van der Waals surface area contributed by atoms with Crippen molar-refractivity contribution in [1.82, 2.24) is 14.9 Å². The second-order valence-corrected chi connectivity index (χ2v) is 9.87. The number of thioether (sulfide) groups is 1. The first kappa shape index (κ1) is 21.0. The van der Waals surface area contributed by atoms with Gasteiger partial charge in [0.1, 0.15) is 0 Å². The zero-order valence-corrected chi connectivity index (χ0v) is 16.8. The molecule has 1 atom stereocenters. The van der Waals surface area contributed by atoms with E-state index in [-0.39, 0.29) is 29.2 Å². The van der Waals surface area contributed by atoms with Crippen molar-refractivity contribution < 1.29 is 26.4 Å². The van der Waals surface area contributed by atoms with Gasteiger partial charge in [-0.1, -0.05) is 18.7 Å². The molecule has 0 aliphatic carbocycles. The van der Waals surface area contributed by atoms with Crippen molar-refractivity contribution in [2.75, 3.05) is 17.3 Å². The summed E-state index contributed by atoms with van der Waals surface area (Å²) in [5.41, 5.74) is 0.0710. The molecule has 1 fully saturated rings. The van der Waals surface area contributed by atoms with E-state index in [9.17, 15) is 26.4 Å². The number of alkyl halides is 3. The van der Waals surface area contributed by atoms with Crippen molar-refractivity contribution in [2.45, 2.75) is 43.7 Å². The molecule has 28 heavy (non-hydrogen) atoms. The molecular formula is C17H20F3N3O3S2. The van der Waals surface area contributed by atoms with Gasteiger partial charge in [0.05, 0.1) is 33.9 Å². The molecule has 1 aromatic carbocycles. The van der Waals surface area contributed by atoms with E-state index >= 15 is 0 Å². The number of sulfone groups is 1. The fraction of sp³-hybridized carbons (Fsp3) is 0.529. The van der Waals surface area contributed by atoms with Crippen LogP contribution < -0.4 is 5.32 Å². The largest absolute Gasteiger partial charge is 0.416 e. The highest BCUT2D eigenvalue weighted by Gasteiger charge is 2.31. The van der Waals surface area contributed by atoms with Crippen LogP contribution in [0.4, 0.5) is 13.2 Å². The lowest BCUT2D eigenvalue weighted by molar-refractivity contribution is -0.137. The van der Waals surface area contributed by atoms with Crippen molar-refractivity contribution in [3.63, 3.8) is 0 Å². The van der Waals surface area contributed by atoms with Gasteiger partial charge < -0.3 is 9.88 Å². The molecule has 2 aromatic rings. The first-order valence-electron chi connectivity index (χ1n) is 8.79. The van der Waals surface area contributed by atoms with E-state index in [1.54, 1.807) is 4.57 Å². The maximum Gasteiger partial charge on any atom is 0.416 e. The molecule has 0 unspecified atom stereocenters. The van der Waals surface area contributed by atoms with Crippen LogP contribution in [0.5, 0.6) is 0 Å². The number of aromatic nitrogens is 2. The average Bonchev–Trinajstić information content (AvgIpc) is 3.12. The minimum atomic E-state index is -4.44. The Morgan fingerprint density at radius 3 is 2.75 bits per heavy atom. The Morgan fingerprint density at radius 1 is 1.39 bits per heavy atom. The van der Waals surface area contributed by atoms with Crippen LogP contribution in [-0.2, 0) is 27.4 Å². The molecule has 1 aliphatic rings. The number of aryl methyl sites for hydroxylation is 1. The van der Waals surface area contributed by atoms with Crippen LogP contribution in [0.2, 0.25) is 0 Å². The van der Waals surface area contributed by atoms with Crippen molar-refractivity contribution in [3.8, 4) is 0 Å². The van der Waals surface area contributed by atoms with Gasteiger partial charge in [0, 0.05) is 12.6 Å². The van der Waals surface area contributed by atoms with Crippen LogP contribution in [0, 0.1) is 0 Å². The predicted molar refractivity (Wildman–Crippen MR) is 101 cm³/mol. The van der Waals surface area contributed by atoms with E-state index in [0.29, 0.717) is 35.6 Å². The predicted octanol–water partition coefficient (Wildman–Crippen LogP) is 2.86. The van der Waals surface area contributed by atoms with E-state index in [4.69, 9.17) is 0 Å². The number of benzene rings is 1. The fourth-order valence-corrected chi connectivity index (χ4v) is 5.66. The quantitative estimate of drug-likeness (QED) is 0.706. The Bertz CT molecular complexity index is 987. The summed E-state index contributed by atoms with van der Waals surface area (Å²) in [4.78, 5) is 16.5. The Kier molecular flexibility index (Phi) is 5.95. The van der Waals surface area contributed by atoms with Crippen LogP contribution in [0.15, 0.2) is 23.4 Å². The summed E-state index contributed by atoms with van der Waals surface area (Å²) in [5, 5.41) is 3.16. The monoisotopic (exact) mass is 435 g/mol. The highest BCUT2D eigenvalue weighted by molar-refractivity contribution is 7.99. The molecule has 0 saturated carbocycles. The van der Waals surface area contributed by atoms with E-state index in [2.05, 4.69) is 10.3 Å². The summed E-state index contributed by atoms with van der Waals surface area (Å²) >= 11 is 1.13. The van der Waals surface area contributed by atoms with E-state index in [1.807, 2.05) is 6.92 Å². The summed E-state index contributed by atoms with van der Waals surface area (Å²) in [6.07, 6.45) is -3.35. The third kappa shape index (κ3) is 4.80. The number of halogens is 3. The Balaban J connectivity index is 1.75. The number of amides is 1. The standard InChI is InChI=1S/C17H20F3N3O3S2/c1-2-6-23-14-8-11(17(18,19)20)3-4-13(14)22-16(23)27-9-15(24)21-12-5-7-28(25,26)10-12/h3-4,8,12H,2,5-7,9-10H2,1H3,(H,21,24)/t12-/m1/s1. The molecule has 0 spiro atoms. The highest BCUT2D eigenvalue weighted by Crippen LogP contribution is 2.33. The lowest BCUT2D eigenvalue weighted by Crippen LogP contribution is -2.36. The normalized spacial score (nSPS) is 19.2. The average molecular weight is 435 g/mol. The molecular weight excluding hydrogens is 415 g/mol. The number of imidazole rings is 1. The molecule has 0 bridgehead atoms. The number of carbonyl (C=O) groups is 1. The maximum absolute atomic E-state index is 13.0. The number of carbonyl (C=O) groups excluding carboxylic acids is 1. The second-order valence-electron chi connectivity index (χ2n) is 6.70. The minimum Gasteiger partial charge on any atom is -0.352 e. The summed E-state index contributed by atoms with van der Waals surface area (Å²) in [5.74, 6) is -0.301. The molecule has 154 valence electrons. The molecule has 2 heterocycles. The Hall–Kier alpha value is -1.75.